The average Bonchev–Trinajstić information content (AvgIpc) is 2.81. The summed E-state index contributed by atoms with van der Waals surface area (Å²) < 4.78 is 10.8. The van der Waals surface area contributed by atoms with Crippen molar-refractivity contribution in [1.82, 2.24) is 25.1 Å². The summed E-state index contributed by atoms with van der Waals surface area (Å²) in [7, 11) is 7.25. The summed E-state index contributed by atoms with van der Waals surface area (Å²) in [5, 5.41) is 4.79. The fraction of sp³-hybridized carbons (Fsp3) is 0.375. The molecule has 2 heterocycles. The van der Waals surface area contributed by atoms with Gasteiger partial charge in [0.15, 0.2) is 16.6 Å². The number of rotatable bonds is 10. The van der Waals surface area contributed by atoms with Gasteiger partial charge in [-0.15, -0.1) is 12.4 Å². The minimum atomic E-state index is -0.165. The summed E-state index contributed by atoms with van der Waals surface area (Å²) in [4.78, 5) is 24.2. The standard InChI is InChI=1S/C24H31N5O3S.ClH/c1-28(2)10-6-9-26-24(33)29(15-17-7-5-8-25-14-17)16-19-11-18-12-21(31-3)22(32-4)13-20(18)27-23(19)30;/h5,7-8,11-14H,6,9-10,15-16H2,1-4H3,(H,26,33)(H,27,30);1H. The predicted octanol–water partition coefficient (Wildman–Crippen LogP) is 3.19. The average molecular weight is 506 g/mol. The van der Waals surface area contributed by atoms with Crippen molar-refractivity contribution >= 4 is 40.6 Å². The maximum Gasteiger partial charge on any atom is 0.253 e. The van der Waals surface area contributed by atoms with Crippen molar-refractivity contribution in [2.45, 2.75) is 19.5 Å². The van der Waals surface area contributed by atoms with Crippen LogP contribution in [0.4, 0.5) is 0 Å². The molecule has 0 aliphatic carbocycles. The Morgan fingerprint density at radius 1 is 1.15 bits per heavy atom. The Balaban J connectivity index is 0.00000408. The molecule has 0 radical (unpaired) electrons. The molecular formula is C24H32ClN5O3S. The van der Waals surface area contributed by atoms with Crippen molar-refractivity contribution in [2.75, 3.05) is 41.4 Å². The van der Waals surface area contributed by atoms with E-state index >= 15 is 0 Å². The molecule has 10 heteroatoms. The molecule has 8 nitrogen and oxygen atoms in total. The largest absolute Gasteiger partial charge is 0.493 e. The van der Waals surface area contributed by atoms with E-state index in [0.717, 1.165) is 30.5 Å². The predicted molar refractivity (Wildman–Crippen MR) is 142 cm³/mol. The molecule has 0 fully saturated rings. The fourth-order valence-electron chi connectivity index (χ4n) is 3.52. The van der Waals surface area contributed by atoms with E-state index in [0.29, 0.717) is 40.8 Å². The van der Waals surface area contributed by atoms with Gasteiger partial charge in [-0.1, -0.05) is 6.07 Å². The number of aromatic nitrogens is 2. The van der Waals surface area contributed by atoms with E-state index in [4.69, 9.17) is 21.7 Å². The maximum atomic E-state index is 12.9. The molecule has 0 spiro atoms. The number of benzene rings is 1. The first kappa shape index (κ1) is 27.4. The van der Waals surface area contributed by atoms with Gasteiger partial charge in [-0.3, -0.25) is 9.78 Å². The zero-order chi connectivity index (χ0) is 23.8. The number of nitrogens with zero attached hydrogens (tertiary/aromatic N) is 3. The van der Waals surface area contributed by atoms with Crippen LogP contribution in [0.15, 0.2) is 47.5 Å². The summed E-state index contributed by atoms with van der Waals surface area (Å²) in [5.41, 5.74) is 2.14. The molecule has 2 aromatic heterocycles. The molecule has 3 aromatic rings. The Kier molecular flexibility index (Phi) is 10.6. The van der Waals surface area contributed by atoms with Gasteiger partial charge in [-0.05, 0) is 63.0 Å². The third-order valence-electron chi connectivity index (χ3n) is 5.23. The Hall–Kier alpha value is -2.88. The van der Waals surface area contributed by atoms with E-state index < -0.39 is 0 Å². The van der Waals surface area contributed by atoms with Crippen LogP contribution in [0.3, 0.4) is 0 Å². The number of H-pyrrole nitrogens is 1. The van der Waals surface area contributed by atoms with Gasteiger partial charge < -0.3 is 29.6 Å². The molecule has 3 rings (SSSR count). The van der Waals surface area contributed by atoms with Crippen molar-refractivity contribution in [3.05, 3.63) is 64.2 Å². The molecule has 0 saturated carbocycles. The van der Waals surface area contributed by atoms with Crippen LogP contribution < -0.4 is 20.3 Å². The molecule has 0 aliphatic rings. The SMILES string of the molecule is COc1cc2cc(CN(Cc3cccnc3)C(=S)NCCCN(C)C)c(=O)[nH]c2cc1OC.Cl. The highest BCUT2D eigenvalue weighted by Gasteiger charge is 2.15. The first-order valence-electron chi connectivity index (χ1n) is 10.8. The van der Waals surface area contributed by atoms with Gasteiger partial charge in [-0.2, -0.15) is 0 Å². The van der Waals surface area contributed by atoms with Gasteiger partial charge in [0.1, 0.15) is 0 Å². The second kappa shape index (κ2) is 13.1. The third kappa shape index (κ3) is 7.31. The molecule has 0 atom stereocenters. The summed E-state index contributed by atoms with van der Waals surface area (Å²) in [6, 6.07) is 9.39. The Morgan fingerprint density at radius 3 is 2.53 bits per heavy atom. The van der Waals surface area contributed by atoms with E-state index in [2.05, 4.69) is 20.2 Å². The van der Waals surface area contributed by atoms with Crippen molar-refractivity contribution in [1.29, 1.82) is 0 Å². The Morgan fingerprint density at radius 2 is 1.88 bits per heavy atom. The summed E-state index contributed by atoms with van der Waals surface area (Å²) in [6.45, 7) is 2.62. The molecule has 0 amide bonds. The summed E-state index contributed by atoms with van der Waals surface area (Å²) in [5.74, 6) is 1.17. The fourth-order valence-corrected chi connectivity index (χ4v) is 3.75. The van der Waals surface area contributed by atoms with Crippen LogP contribution in [0, 0.1) is 0 Å². The van der Waals surface area contributed by atoms with Crippen molar-refractivity contribution in [3.8, 4) is 11.5 Å². The Labute approximate surface area is 211 Å². The lowest BCUT2D eigenvalue weighted by atomic mass is 10.1. The highest BCUT2D eigenvalue weighted by atomic mass is 35.5. The number of nitrogens with one attached hydrogen (secondary N) is 2. The number of hydrogen-bond donors (Lipinski definition) is 2. The van der Waals surface area contributed by atoms with E-state index in [9.17, 15) is 4.79 Å². The van der Waals surface area contributed by atoms with Crippen molar-refractivity contribution < 1.29 is 9.47 Å². The van der Waals surface area contributed by atoms with Gasteiger partial charge in [0.25, 0.3) is 5.56 Å². The zero-order valence-corrected chi connectivity index (χ0v) is 21.6. The number of methoxy groups -OCH3 is 2. The highest BCUT2D eigenvalue weighted by Crippen LogP contribution is 2.31. The van der Waals surface area contributed by atoms with E-state index in [1.165, 1.54) is 0 Å². The smallest absolute Gasteiger partial charge is 0.253 e. The zero-order valence-electron chi connectivity index (χ0n) is 20.0. The number of hydrogen-bond acceptors (Lipinski definition) is 6. The van der Waals surface area contributed by atoms with E-state index in [1.54, 1.807) is 26.5 Å². The maximum absolute atomic E-state index is 12.9. The van der Waals surface area contributed by atoms with Crippen LogP contribution in [-0.2, 0) is 13.1 Å². The third-order valence-corrected chi connectivity index (χ3v) is 5.63. The number of thiocarbonyl (C=S) groups is 1. The van der Waals surface area contributed by atoms with Crippen LogP contribution in [0.2, 0.25) is 0 Å². The first-order valence-corrected chi connectivity index (χ1v) is 11.2. The number of pyridine rings is 2. The minimum Gasteiger partial charge on any atom is -0.493 e. The van der Waals surface area contributed by atoms with Gasteiger partial charge in [0, 0.05) is 42.5 Å². The number of aromatic amines is 1. The van der Waals surface area contributed by atoms with Crippen LogP contribution >= 0.6 is 24.6 Å². The lowest BCUT2D eigenvalue weighted by Crippen LogP contribution is -2.40. The van der Waals surface area contributed by atoms with Gasteiger partial charge in [-0.25, -0.2) is 0 Å². The molecule has 0 unspecified atom stereocenters. The monoisotopic (exact) mass is 505 g/mol. The summed E-state index contributed by atoms with van der Waals surface area (Å²) in [6.07, 6.45) is 4.51. The second-order valence-corrected chi connectivity index (χ2v) is 8.41. The topological polar surface area (TPSA) is 82.7 Å². The molecule has 0 bridgehead atoms. The normalized spacial score (nSPS) is 10.6. The molecular weight excluding hydrogens is 474 g/mol. The number of ether oxygens (including phenoxy) is 2. The van der Waals surface area contributed by atoms with Crippen molar-refractivity contribution in [2.24, 2.45) is 0 Å². The van der Waals surface area contributed by atoms with Crippen LogP contribution in [0.25, 0.3) is 10.9 Å². The molecule has 0 aliphatic heterocycles. The van der Waals surface area contributed by atoms with Gasteiger partial charge in [0.05, 0.1) is 26.3 Å². The molecule has 2 N–H and O–H groups in total. The summed E-state index contributed by atoms with van der Waals surface area (Å²) >= 11 is 5.70. The number of fused-ring (bicyclic) bond motifs is 1. The van der Waals surface area contributed by atoms with Gasteiger partial charge >= 0.3 is 0 Å². The number of halogens is 1. The van der Waals surface area contributed by atoms with Crippen molar-refractivity contribution in [3.63, 3.8) is 0 Å². The van der Waals surface area contributed by atoms with E-state index in [1.807, 2.05) is 49.5 Å². The van der Waals surface area contributed by atoms with Crippen LogP contribution in [0.1, 0.15) is 17.5 Å². The van der Waals surface area contributed by atoms with Gasteiger partial charge in [0.2, 0.25) is 0 Å². The molecule has 34 heavy (non-hydrogen) atoms. The molecule has 1 aromatic carbocycles. The molecule has 184 valence electrons. The quantitative estimate of drug-likeness (QED) is 0.321. The molecule has 0 saturated heterocycles. The second-order valence-electron chi connectivity index (χ2n) is 8.02. The highest BCUT2D eigenvalue weighted by molar-refractivity contribution is 7.80. The minimum absolute atomic E-state index is 0. The van der Waals surface area contributed by atoms with Crippen LogP contribution in [0.5, 0.6) is 11.5 Å². The lowest BCUT2D eigenvalue weighted by molar-refractivity contribution is 0.355. The van der Waals surface area contributed by atoms with E-state index in [-0.39, 0.29) is 18.0 Å². The first-order chi connectivity index (χ1) is 15.9. The van der Waals surface area contributed by atoms with Crippen LogP contribution in [-0.4, -0.2) is 66.3 Å². The lowest BCUT2D eigenvalue weighted by Gasteiger charge is -2.26. The Bertz CT molecular complexity index is 1140.